The number of carbonyl (C=O) groups is 1. The molecule has 0 saturated heterocycles. The standard InChI is InChI=1S/C11H14N2O2/c1-13(8-4-6-11(14)15)9-10-5-2-3-7-12-10/h2-7H,8-9H2,1H3,(H,14,15). The van der Waals surface area contributed by atoms with Gasteiger partial charge in [-0.25, -0.2) is 4.79 Å². The van der Waals surface area contributed by atoms with E-state index in [1.807, 2.05) is 30.1 Å². The van der Waals surface area contributed by atoms with Gasteiger partial charge in [-0.2, -0.15) is 0 Å². The first-order chi connectivity index (χ1) is 7.18. The first kappa shape index (κ1) is 11.4. The summed E-state index contributed by atoms with van der Waals surface area (Å²) >= 11 is 0. The van der Waals surface area contributed by atoms with Gasteiger partial charge in [0.15, 0.2) is 0 Å². The van der Waals surface area contributed by atoms with E-state index in [1.165, 1.54) is 0 Å². The van der Waals surface area contributed by atoms with E-state index >= 15 is 0 Å². The molecule has 0 saturated carbocycles. The molecular weight excluding hydrogens is 192 g/mol. The molecule has 4 nitrogen and oxygen atoms in total. The van der Waals surface area contributed by atoms with Crippen LogP contribution in [0.15, 0.2) is 36.5 Å². The van der Waals surface area contributed by atoms with E-state index in [-0.39, 0.29) is 0 Å². The highest BCUT2D eigenvalue weighted by Crippen LogP contribution is 1.98. The number of nitrogens with zero attached hydrogens (tertiary/aromatic N) is 2. The van der Waals surface area contributed by atoms with Crippen molar-refractivity contribution in [2.75, 3.05) is 13.6 Å². The minimum Gasteiger partial charge on any atom is -0.478 e. The lowest BCUT2D eigenvalue weighted by molar-refractivity contribution is -0.131. The van der Waals surface area contributed by atoms with Gasteiger partial charge < -0.3 is 5.11 Å². The molecule has 0 radical (unpaired) electrons. The number of pyridine rings is 1. The summed E-state index contributed by atoms with van der Waals surface area (Å²) in [6.45, 7) is 1.31. The average molecular weight is 206 g/mol. The van der Waals surface area contributed by atoms with Gasteiger partial charge in [-0.05, 0) is 19.2 Å². The van der Waals surface area contributed by atoms with Crippen molar-refractivity contribution in [3.8, 4) is 0 Å². The number of rotatable bonds is 5. The maximum absolute atomic E-state index is 10.2. The number of aliphatic carboxylic acids is 1. The largest absolute Gasteiger partial charge is 0.478 e. The Kier molecular flexibility index (Phi) is 4.50. The Labute approximate surface area is 88.9 Å². The maximum atomic E-state index is 10.2. The third-order valence-electron chi connectivity index (χ3n) is 1.84. The van der Waals surface area contributed by atoms with Gasteiger partial charge in [-0.3, -0.25) is 9.88 Å². The molecule has 1 N–H and O–H groups in total. The number of aromatic nitrogens is 1. The molecule has 0 aliphatic rings. The van der Waals surface area contributed by atoms with Gasteiger partial charge in [0.25, 0.3) is 0 Å². The predicted octanol–water partition coefficient (Wildman–Crippen LogP) is 1.15. The highest BCUT2D eigenvalue weighted by Gasteiger charge is 1.98. The summed E-state index contributed by atoms with van der Waals surface area (Å²) in [6.07, 6.45) is 4.51. The van der Waals surface area contributed by atoms with Crippen LogP contribution >= 0.6 is 0 Å². The molecule has 0 spiro atoms. The lowest BCUT2D eigenvalue weighted by Crippen LogP contribution is -2.18. The van der Waals surface area contributed by atoms with E-state index in [0.717, 1.165) is 11.8 Å². The van der Waals surface area contributed by atoms with Crippen molar-refractivity contribution >= 4 is 5.97 Å². The van der Waals surface area contributed by atoms with Crippen LogP contribution in [0, 0.1) is 0 Å². The summed E-state index contributed by atoms with van der Waals surface area (Å²) in [5.41, 5.74) is 0.976. The van der Waals surface area contributed by atoms with E-state index in [1.54, 1.807) is 12.3 Å². The van der Waals surface area contributed by atoms with Crippen molar-refractivity contribution < 1.29 is 9.90 Å². The lowest BCUT2D eigenvalue weighted by Gasteiger charge is -2.12. The molecule has 80 valence electrons. The summed E-state index contributed by atoms with van der Waals surface area (Å²) in [6, 6.07) is 5.74. The molecule has 0 aromatic carbocycles. The number of carboxylic acid groups (broad SMARTS) is 1. The highest BCUT2D eigenvalue weighted by molar-refractivity contribution is 5.79. The molecule has 0 bridgehead atoms. The molecule has 0 amide bonds. The molecule has 0 aliphatic carbocycles. The summed E-state index contributed by atoms with van der Waals surface area (Å²) in [7, 11) is 1.92. The van der Waals surface area contributed by atoms with Gasteiger partial charge in [0, 0.05) is 25.4 Å². The van der Waals surface area contributed by atoms with E-state index in [2.05, 4.69) is 4.98 Å². The van der Waals surface area contributed by atoms with E-state index < -0.39 is 5.97 Å². The van der Waals surface area contributed by atoms with E-state index in [0.29, 0.717) is 13.1 Å². The zero-order chi connectivity index (χ0) is 11.1. The van der Waals surface area contributed by atoms with E-state index in [9.17, 15) is 4.79 Å². The molecule has 0 fully saturated rings. The van der Waals surface area contributed by atoms with Gasteiger partial charge in [0.1, 0.15) is 0 Å². The van der Waals surface area contributed by atoms with Crippen LogP contribution in [0.5, 0.6) is 0 Å². The zero-order valence-electron chi connectivity index (χ0n) is 8.63. The van der Waals surface area contributed by atoms with Gasteiger partial charge in [0.2, 0.25) is 0 Å². The van der Waals surface area contributed by atoms with Gasteiger partial charge in [-0.1, -0.05) is 12.1 Å². The Balaban J connectivity index is 2.36. The molecular formula is C11H14N2O2. The first-order valence-corrected chi connectivity index (χ1v) is 4.66. The SMILES string of the molecule is CN(CC=CC(=O)O)Cc1ccccn1. The van der Waals surface area contributed by atoms with Crippen LogP contribution in [0.3, 0.4) is 0 Å². The topological polar surface area (TPSA) is 53.4 Å². The van der Waals surface area contributed by atoms with Crippen molar-refractivity contribution in [2.24, 2.45) is 0 Å². The second kappa shape index (κ2) is 5.93. The number of likely N-dealkylation sites (N-methyl/N-ethyl adjacent to an activating group) is 1. The average Bonchev–Trinajstić information content (AvgIpc) is 2.18. The van der Waals surface area contributed by atoms with Gasteiger partial charge >= 0.3 is 5.97 Å². The predicted molar refractivity (Wildman–Crippen MR) is 57.3 cm³/mol. The Hall–Kier alpha value is -1.68. The fourth-order valence-electron chi connectivity index (χ4n) is 1.17. The number of hydrogen-bond donors (Lipinski definition) is 1. The normalized spacial score (nSPS) is 11.1. The fraction of sp³-hybridized carbons (Fsp3) is 0.273. The molecule has 4 heteroatoms. The van der Waals surface area contributed by atoms with Crippen LogP contribution in [0.4, 0.5) is 0 Å². The molecule has 1 aromatic rings. The third kappa shape index (κ3) is 4.93. The van der Waals surface area contributed by atoms with Crippen molar-refractivity contribution in [3.05, 3.63) is 42.2 Å². The number of carboxylic acids is 1. The van der Waals surface area contributed by atoms with Crippen LogP contribution in [0.2, 0.25) is 0 Å². The van der Waals surface area contributed by atoms with Gasteiger partial charge in [-0.15, -0.1) is 0 Å². The minimum absolute atomic E-state index is 0.600. The van der Waals surface area contributed by atoms with Crippen molar-refractivity contribution in [1.29, 1.82) is 0 Å². The maximum Gasteiger partial charge on any atom is 0.328 e. The minimum atomic E-state index is -0.916. The lowest BCUT2D eigenvalue weighted by atomic mass is 10.3. The molecule has 1 heterocycles. The van der Waals surface area contributed by atoms with Crippen LogP contribution in [-0.4, -0.2) is 34.6 Å². The highest BCUT2D eigenvalue weighted by atomic mass is 16.4. The number of hydrogen-bond acceptors (Lipinski definition) is 3. The smallest absolute Gasteiger partial charge is 0.328 e. The summed E-state index contributed by atoms with van der Waals surface area (Å²) in [5.74, 6) is -0.916. The van der Waals surface area contributed by atoms with Crippen LogP contribution in [-0.2, 0) is 11.3 Å². The monoisotopic (exact) mass is 206 g/mol. The molecule has 0 aliphatic heterocycles. The van der Waals surface area contributed by atoms with E-state index in [4.69, 9.17) is 5.11 Å². The second-order valence-corrected chi connectivity index (χ2v) is 3.26. The molecule has 0 unspecified atom stereocenters. The fourth-order valence-corrected chi connectivity index (χ4v) is 1.17. The Morgan fingerprint density at radius 2 is 2.40 bits per heavy atom. The van der Waals surface area contributed by atoms with Crippen molar-refractivity contribution in [1.82, 2.24) is 9.88 Å². The molecule has 1 rings (SSSR count). The molecule has 0 atom stereocenters. The first-order valence-electron chi connectivity index (χ1n) is 4.66. The Morgan fingerprint density at radius 1 is 1.60 bits per heavy atom. The van der Waals surface area contributed by atoms with Crippen LogP contribution in [0.25, 0.3) is 0 Å². The summed E-state index contributed by atoms with van der Waals surface area (Å²) in [4.78, 5) is 16.4. The second-order valence-electron chi connectivity index (χ2n) is 3.26. The molecule has 15 heavy (non-hydrogen) atoms. The third-order valence-corrected chi connectivity index (χ3v) is 1.84. The Bertz CT molecular complexity index is 336. The van der Waals surface area contributed by atoms with Crippen molar-refractivity contribution in [3.63, 3.8) is 0 Å². The summed E-state index contributed by atoms with van der Waals surface area (Å²) < 4.78 is 0. The molecule has 1 aromatic heterocycles. The quantitative estimate of drug-likeness (QED) is 0.734. The van der Waals surface area contributed by atoms with Crippen molar-refractivity contribution in [2.45, 2.75) is 6.54 Å². The zero-order valence-corrected chi connectivity index (χ0v) is 8.63. The van der Waals surface area contributed by atoms with Gasteiger partial charge in [0.05, 0.1) is 5.69 Å². The summed E-state index contributed by atoms with van der Waals surface area (Å²) in [5, 5.41) is 8.40. The van der Waals surface area contributed by atoms with Crippen LogP contribution in [0.1, 0.15) is 5.69 Å². The van der Waals surface area contributed by atoms with Crippen LogP contribution < -0.4 is 0 Å². The Morgan fingerprint density at radius 3 is 3.00 bits per heavy atom.